The number of nitro benzene ring substituents is 1. The molecule has 2 fully saturated rings. The van der Waals surface area contributed by atoms with Crippen LogP contribution >= 0.6 is 23.8 Å². The van der Waals surface area contributed by atoms with Gasteiger partial charge in [0.2, 0.25) is 0 Å². The molecule has 0 atom stereocenters. The topological polar surface area (TPSA) is 94.0 Å². The highest BCUT2D eigenvalue weighted by atomic mass is 35.5. The zero-order valence-electron chi connectivity index (χ0n) is 19.6. The van der Waals surface area contributed by atoms with E-state index in [1.54, 1.807) is 18.2 Å². The fourth-order valence-electron chi connectivity index (χ4n) is 4.52. The minimum absolute atomic E-state index is 0.0828. The van der Waals surface area contributed by atoms with Crippen molar-refractivity contribution in [1.82, 2.24) is 10.2 Å². The molecule has 1 amide bonds. The predicted octanol–water partition coefficient (Wildman–Crippen LogP) is 4.12. The molecule has 2 aromatic carbocycles. The minimum Gasteiger partial charge on any atom is -0.368 e. The Labute approximate surface area is 215 Å². The summed E-state index contributed by atoms with van der Waals surface area (Å²) in [6.45, 7) is 8.59. The van der Waals surface area contributed by atoms with E-state index in [1.807, 2.05) is 17.0 Å². The van der Waals surface area contributed by atoms with Crippen LogP contribution < -0.4 is 20.4 Å². The summed E-state index contributed by atoms with van der Waals surface area (Å²) in [6, 6.07) is 10.1. The average Bonchev–Trinajstić information content (AvgIpc) is 3.38. The summed E-state index contributed by atoms with van der Waals surface area (Å²) < 4.78 is 0. The number of anilines is 3. The van der Waals surface area contributed by atoms with Crippen molar-refractivity contribution < 1.29 is 9.72 Å². The van der Waals surface area contributed by atoms with Crippen LogP contribution in [0.3, 0.4) is 0 Å². The molecule has 0 aliphatic carbocycles. The number of carbonyl (C=O) groups excluding carboxylic acids is 1. The van der Waals surface area contributed by atoms with Crippen LogP contribution in [0.1, 0.15) is 30.1 Å². The van der Waals surface area contributed by atoms with E-state index in [9.17, 15) is 14.9 Å². The zero-order valence-corrected chi connectivity index (χ0v) is 21.2. The summed E-state index contributed by atoms with van der Waals surface area (Å²) in [5.74, 6) is -0.518. The third-order valence-electron chi connectivity index (χ3n) is 6.47. The number of carbonyl (C=O) groups is 1. The summed E-state index contributed by atoms with van der Waals surface area (Å²) >= 11 is 11.8. The first kappa shape index (κ1) is 25.2. The van der Waals surface area contributed by atoms with E-state index in [0.29, 0.717) is 16.4 Å². The van der Waals surface area contributed by atoms with Gasteiger partial charge in [0.15, 0.2) is 5.11 Å². The maximum Gasteiger partial charge on any atom is 0.293 e. The molecular formula is C24H29ClN6O3S. The molecule has 2 N–H and O–H groups in total. The number of benzene rings is 2. The smallest absolute Gasteiger partial charge is 0.293 e. The SMILES string of the molecule is CCN1CCN(c2ccc(NC(=S)NC(=O)c3ccc(N4CCCC4)c([N+](=O)[O-])c3)cc2Cl)CC1. The number of nitrogens with one attached hydrogen (secondary N) is 2. The second-order valence-corrected chi connectivity index (χ2v) is 9.47. The van der Waals surface area contributed by atoms with Gasteiger partial charge in [-0.2, -0.15) is 0 Å². The molecule has 11 heteroatoms. The van der Waals surface area contributed by atoms with Gasteiger partial charge in [0.25, 0.3) is 11.6 Å². The van der Waals surface area contributed by atoms with E-state index in [2.05, 4.69) is 27.4 Å². The molecular weight excluding hydrogens is 488 g/mol. The van der Waals surface area contributed by atoms with Crippen molar-refractivity contribution in [2.24, 2.45) is 0 Å². The van der Waals surface area contributed by atoms with Crippen molar-refractivity contribution in [3.8, 4) is 0 Å². The molecule has 9 nitrogen and oxygen atoms in total. The van der Waals surface area contributed by atoms with Crippen molar-refractivity contribution in [3.05, 3.63) is 57.1 Å². The summed E-state index contributed by atoms with van der Waals surface area (Å²) in [4.78, 5) is 30.5. The maximum atomic E-state index is 12.7. The van der Waals surface area contributed by atoms with E-state index < -0.39 is 10.8 Å². The van der Waals surface area contributed by atoms with Gasteiger partial charge in [0.1, 0.15) is 5.69 Å². The fraction of sp³-hybridized carbons (Fsp3) is 0.417. The van der Waals surface area contributed by atoms with Crippen LogP contribution in [0.15, 0.2) is 36.4 Å². The van der Waals surface area contributed by atoms with E-state index in [-0.39, 0.29) is 16.4 Å². The Hall–Kier alpha value is -2.95. The van der Waals surface area contributed by atoms with E-state index in [1.165, 1.54) is 6.07 Å². The first-order valence-corrected chi connectivity index (χ1v) is 12.6. The molecule has 35 heavy (non-hydrogen) atoms. The molecule has 0 saturated carbocycles. The maximum absolute atomic E-state index is 12.7. The Bertz CT molecular complexity index is 1120. The standard InChI is InChI=1S/C24H29ClN6O3S/c1-2-28-11-13-30(14-12-28)20-8-6-18(16-19(20)25)26-24(35)27-23(32)17-5-7-21(22(15-17)31(33)34)29-9-3-4-10-29/h5-8,15-16H,2-4,9-14H2,1H3,(H2,26,27,32,35). The summed E-state index contributed by atoms with van der Waals surface area (Å²) in [5.41, 5.74) is 2.24. The van der Waals surface area contributed by atoms with Crippen molar-refractivity contribution in [3.63, 3.8) is 0 Å². The van der Waals surface area contributed by atoms with Gasteiger partial charge < -0.3 is 20.0 Å². The first-order chi connectivity index (χ1) is 16.9. The molecule has 0 aromatic heterocycles. The van der Waals surface area contributed by atoms with Gasteiger partial charge >= 0.3 is 0 Å². The monoisotopic (exact) mass is 516 g/mol. The third kappa shape index (κ3) is 6.01. The van der Waals surface area contributed by atoms with Crippen LogP contribution in [0.25, 0.3) is 0 Å². The number of likely N-dealkylation sites (N-methyl/N-ethyl adjacent to an activating group) is 1. The van der Waals surface area contributed by atoms with Gasteiger partial charge in [-0.3, -0.25) is 20.2 Å². The zero-order chi connectivity index (χ0) is 24.9. The summed E-state index contributed by atoms with van der Waals surface area (Å²) in [5, 5.41) is 17.9. The molecule has 2 heterocycles. The van der Waals surface area contributed by atoms with Gasteiger partial charge in [-0.05, 0) is 61.9 Å². The average molecular weight is 517 g/mol. The second kappa shape index (κ2) is 11.2. The lowest BCUT2D eigenvalue weighted by Gasteiger charge is -2.36. The predicted molar refractivity (Wildman–Crippen MR) is 144 cm³/mol. The normalized spacial score (nSPS) is 16.3. The van der Waals surface area contributed by atoms with Crippen molar-refractivity contribution >= 4 is 57.6 Å². The molecule has 0 spiro atoms. The van der Waals surface area contributed by atoms with Gasteiger partial charge in [-0.1, -0.05) is 18.5 Å². The quantitative estimate of drug-likeness (QED) is 0.336. The van der Waals surface area contributed by atoms with Crippen molar-refractivity contribution in [2.75, 3.05) is 60.9 Å². The molecule has 2 aliphatic heterocycles. The Morgan fingerprint density at radius 2 is 1.69 bits per heavy atom. The minimum atomic E-state index is -0.518. The number of nitrogens with zero attached hydrogens (tertiary/aromatic N) is 4. The van der Waals surface area contributed by atoms with Crippen LogP contribution in [0.4, 0.5) is 22.7 Å². The number of thiocarbonyl (C=S) groups is 1. The molecule has 0 bridgehead atoms. The Balaban J connectivity index is 1.38. The number of amides is 1. The van der Waals surface area contributed by atoms with E-state index >= 15 is 0 Å². The number of hydrogen-bond donors (Lipinski definition) is 2. The van der Waals surface area contributed by atoms with Crippen LogP contribution in [0.5, 0.6) is 0 Å². The molecule has 0 radical (unpaired) electrons. The van der Waals surface area contributed by atoms with Crippen LogP contribution in [0, 0.1) is 10.1 Å². The van der Waals surface area contributed by atoms with E-state index in [4.69, 9.17) is 23.8 Å². The number of piperazine rings is 1. The van der Waals surface area contributed by atoms with Crippen LogP contribution in [-0.2, 0) is 0 Å². The van der Waals surface area contributed by atoms with Crippen LogP contribution in [-0.4, -0.2) is 66.7 Å². The van der Waals surface area contributed by atoms with Crippen LogP contribution in [0.2, 0.25) is 5.02 Å². The lowest BCUT2D eigenvalue weighted by Crippen LogP contribution is -2.46. The van der Waals surface area contributed by atoms with E-state index in [0.717, 1.165) is 64.3 Å². The third-order valence-corrected chi connectivity index (χ3v) is 6.98. The highest BCUT2D eigenvalue weighted by Gasteiger charge is 2.24. The lowest BCUT2D eigenvalue weighted by atomic mass is 10.1. The molecule has 186 valence electrons. The highest BCUT2D eigenvalue weighted by Crippen LogP contribution is 2.32. The number of rotatable bonds is 6. The first-order valence-electron chi connectivity index (χ1n) is 11.8. The molecule has 2 aromatic rings. The Morgan fingerprint density at radius 1 is 1.03 bits per heavy atom. The molecule has 2 aliphatic rings. The fourth-order valence-corrected chi connectivity index (χ4v) is 5.03. The second-order valence-electron chi connectivity index (χ2n) is 8.65. The highest BCUT2D eigenvalue weighted by molar-refractivity contribution is 7.80. The van der Waals surface area contributed by atoms with Crippen molar-refractivity contribution in [2.45, 2.75) is 19.8 Å². The number of nitro groups is 1. The largest absolute Gasteiger partial charge is 0.368 e. The molecule has 4 rings (SSSR count). The van der Waals surface area contributed by atoms with Gasteiger partial charge in [0.05, 0.1) is 15.6 Å². The van der Waals surface area contributed by atoms with Crippen molar-refractivity contribution in [1.29, 1.82) is 0 Å². The number of hydrogen-bond acceptors (Lipinski definition) is 7. The Kier molecular flexibility index (Phi) is 8.04. The summed E-state index contributed by atoms with van der Waals surface area (Å²) in [7, 11) is 0. The molecule has 2 saturated heterocycles. The van der Waals surface area contributed by atoms with Gasteiger partial charge in [0, 0.05) is 56.6 Å². The van der Waals surface area contributed by atoms with Gasteiger partial charge in [-0.25, -0.2) is 0 Å². The molecule has 0 unspecified atom stereocenters. The Morgan fingerprint density at radius 3 is 2.31 bits per heavy atom. The lowest BCUT2D eigenvalue weighted by molar-refractivity contribution is -0.384. The number of halogens is 1. The summed E-state index contributed by atoms with van der Waals surface area (Å²) in [6.07, 6.45) is 2.00. The van der Waals surface area contributed by atoms with Gasteiger partial charge in [-0.15, -0.1) is 0 Å².